The molecule has 2 aliphatic carbocycles. The molecule has 0 unspecified atom stereocenters. The Hall–Kier alpha value is -1.76. The zero-order chi connectivity index (χ0) is 20.1. The highest BCUT2D eigenvalue weighted by molar-refractivity contribution is 5.40. The van der Waals surface area contributed by atoms with E-state index in [1.54, 1.807) is 0 Å². The maximum absolute atomic E-state index is 14.5. The Morgan fingerprint density at radius 3 is 2.11 bits per heavy atom. The third-order valence-corrected chi connectivity index (χ3v) is 6.49. The molecule has 0 nitrogen and oxygen atoms in total. The van der Waals surface area contributed by atoms with Crippen LogP contribution in [0, 0.1) is 41.2 Å². The van der Waals surface area contributed by atoms with Crippen LogP contribution in [0.5, 0.6) is 0 Å². The van der Waals surface area contributed by atoms with Crippen molar-refractivity contribution in [2.24, 2.45) is 17.8 Å². The minimum atomic E-state index is -1.64. The minimum Gasteiger partial charge on any atom is -0.206 e. The van der Waals surface area contributed by atoms with Gasteiger partial charge >= 0.3 is 0 Å². The third kappa shape index (κ3) is 5.40. The van der Waals surface area contributed by atoms with E-state index in [0.29, 0.717) is 25.7 Å². The molecule has 28 heavy (non-hydrogen) atoms. The van der Waals surface area contributed by atoms with Gasteiger partial charge < -0.3 is 0 Å². The first-order chi connectivity index (χ1) is 13.5. The quantitative estimate of drug-likeness (QED) is 0.367. The first kappa shape index (κ1) is 21.0. The topological polar surface area (TPSA) is 0 Å². The summed E-state index contributed by atoms with van der Waals surface area (Å²) in [5.41, 5.74) is 0.582. The number of hydrogen-bond acceptors (Lipinski definition) is 0. The molecule has 4 heteroatoms. The van der Waals surface area contributed by atoms with E-state index in [2.05, 4.69) is 18.8 Å². The second-order valence-corrected chi connectivity index (χ2v) is 8.32. The Labute approximate surface area is 165 Å². The van der Waals surface area contributed by atoms with Gasteiger partial charge in [-0.3, -0.25) is 0 Å². The molecule has 0 amide bonds. The van der Waals surface area contributed by atoms with E-state index in [4.69, 9.17) is 0 Å². The van der Waals surface area contributed by atoms with Crippen molar-refractivity contribution in [2.75, 3.05) is 0 Å². The lowest BCUT2D eigenvalue weighted by Crippen LogP contribution is -2.13. The van der Waals surface area contributed by atoms with Crippen molar-refractivity contribution in [3.05, 3.63) is 47.1 Å². The molecule has 0 radical (unpaired) electrons. The molecule has 0 N–H and O–H groups in total. The summed E-state index contributed by atoms with van der Waals surface area (Å²) in [6, 6.07) is 2.91. The molecule has 1 aromatic carbocycles. The highest BCUT2D eigenvalue weighted by Crippen LogP contribution is 2.38. The van der Waals surface area contributed by atoms with Crippen LogP contribution >= 0.6 is 0 Å². The Bertz CT molecular complexity index is 728. The lowest BCUT2D eigenvalue weighted by Gasteiger charge is -2.28. The Kier molecular flexibility index (Phi) is 7.21. The molecule has 0 atom stereocenters. The van der Waals surface area contributed by atoms with Crippen LogP contribution in [0.25, 0.3) is 0 Å². The Balaban J connectivity index is 1.65. The fraction of sp³-hybridized carbons (Fsp3) is 0.583. The third-order valence-electron chi connectivity index (χ3n) is 6.49. The summed E-state index contributed by atoms with van der Waals surface area (Å²) < 4.78 is 53.7. The molecule has 152 valence electrons. The number of allylic oxidation sites excluding steroid dienone is 1. The summed E-state index contributed by atoms with van der Waals surface area (Å²) in [6.07, 6.45) is 7.41. The van der Waals surface area contributed by atoms with E-state index >= 15 is 0 Å². The number of rotatable bonds is 3. The first-order valence-electron chi connectivity index (χ1n) is 10.5. The normalized spacial score (nSPS) is 27.6. The van der Waals surface area contributed by atoms with Crippen molar-refractivity contribution in [2.45, 2.75) is 70.6 Å². The lowest BCUT2D eigenvalue weighted by molar-refractivity contribution is 0.318. The molecule has 3 rings (SSSR count). The van der Waals surface area contributed by atoms with E-state index in [0.717, 1.165) is 43.2 Å². The highest BCUT2D eigenvalue weighted by Gasteiger charge is 2.23. The summed E-state index contributed by atoms with van der Waals surface area (Å²) in [5.74, 6) is 5.35. The molecule has 1 aromatic rings. The van der Waals surface area contributed by atoms with Gasteiger partial charge in [0.1, 0.15) is 11.6 Å². The SMILES string of the molecule is CC[C@H]1CC[C@H](c2cc(F)c(C#CC3CCC(C=C(F)F)CC3)c(F)c2)CC1. The molecular weight excluding hydrogens is 364 g/mol. The van der Waals surface area contributed by atoms with E-state index in [1.807, 2.05) is 0 Å². The van der Waals surface area contributed by atoms with Gasteiger partial charge in [-0.05, 0) is 92.9 Å². The first-order valence-corrected chi connectivity index (χ1v) is 10.5. The van der Waals surface area contributed by atoms with Gasteiger partial charge in [-0.2, -0.15) is 8.78 Å². The van der Waals surface area contributed by atoms with Crippen molar-refractivity contribution in [3.63, 3.8) is 0 Å². The number of benzene rings is 1. The summed E-state index contributed by atoms with van der Waals surface area (Å²) >= 11 is 0. The molecule has 2 fully saturated rings. The van der Waals surface area contributed by atoms with E-state index in [9.17, 15) is 17.6 Å². The lowest BCUT2D eigenvalue weighted by atomic mass is 9.77. The van der Waals surface area contributed by atoms with Crippen LogP contribution in [0.4, 0.5) is 17.6 Å². The summed E-state index contributed by atoms with van der Waals surface area (Å²) in [5, 5.41) is 0. The van der Waals surface area contributed by atoms with Gasteiger partial charge in [-0.1, -0.05) is 25.2 Å². The van der Waals surface area contributed by atoms with Crippen molar-refractivity contribution in [1.82, 2.24) is 0 Å². The van der Waals surface area contributed by atoms with Gasteiger partial charge in [0, 0.05) is 5.92 Å². The second-order valence-electron chi connectivity index (χ2n) is 8.32. The molecule has 2 aliphatic rings. The number of halogens is 4. The van der Waals surface area contributed by atoms with Gasteiger partial charge in [-0.15, -0.1) is 0 Å². The van der Waals surface area contributed by atoms with Gasteiger partial charge in [0.2, 0.25) is 0 Å². The summed E-state index contributed by atoms with van der Waals surface area (Å²) in [7, 11) is 0. The van der Waals surface area contributed by atoms with Crippen LogP contribution in [0.3, 0.4) is 0 Å². The molecule has 0 aliphatic heterocycles. The maximum atomic E-state index is 14.5. The summed E-state index contributed by atoms with van der Waals surface area (Å²) in [6.45, 7) is 2.19. The van der Waals surface area contributed by atoms with E-state index in [1.165, 1.54) is 18.6 Å². The molecule has 0 aromatic heterocycles. The van der Waals surface area contributed by atoms with Gasteiger partial charge in [0.15, 0.2) is 0 Å². The summed E-state index contributed by atoms with van der Waals surface area (Å²) in [4.78, 5) is 0. The van der Waals surface area contributed by atoms with Crippen LogP contribution in [0.2, 0.25) is 0 Å². The zero-order valence-electron chi connectivity index (χ0n) is 16.4. The van der Waals surface area contributed by atoms with Crippen molar-refractivity contribution < 1.29 is 17.6 Å². The fourth-order valence-corrected chi connectivity index (χ4v) is 4.63. The molecular formula is C24H28F4. The molecule has 0 heterocycles. The average molecular weight is 392 g/mol. The number of hydrogen-bond donors (Lipinski definition) is 0. The Morgan fingerprint density at radius 2 is 1.57 bits per heavy atom. The minimum absolute atomic E-state index is 0.00937. The van der Waals surface area contributed by atoms with Crippen LogP contribution < -0.4 is 0 Å². The van der Waals surface area contributed by atoms with Crippen LogP contribution in [-0.4, -0.2) is 0 Å². The van der Waals surface area contributed by atoms with Gasteiger partial charge in [0.25, 0.3) is 6.08 Å². The largest absolute Gasteiger partial charge is 0.266 e. The molecule has 0 spiro atoms. The Morgan fingerprint density at radius 1 is 0.964 bits per heavy atom. The standard InChI is InChI=1S/C24H28F4/c1-2-16-7-10-19(11-8-16)20-14-22(25)21(23(26)15-20)12-9-17-3-5-18(6-4-17)13-24(27)28/h13-19H,2-8,10-11H2,1H3/t16-,17?,18?,19-. The maximum Gasteiger partial charge on any atom is 0.266 e. The van der Waals surface area contributed by atoms with Gasteiger partial charge in [-0.25, -0.2) is 8.78 Å². The highest BCUT2D eigenvalue weighted by atomic mass is 19.3. The molecule has 0 bridgehead atoms. The predicted octanol–water partition coefficient (Wildman–Crippen LogP) is 7.59. The average Bonchev–Trinajstić information content (AvgIpc) is 2.68. The van der Waals surface area contributed by atoms with Crippen LogP contribution in [0.1, 0.15) is 81.8 Å². The monoisotopic (exact) mass is 392 g/mol. The fourth-order valence-electron chi connectivity index (χ4n) is 4.63. The predicted molar refractivity (Wildman–Crippen MR) is 104 cm³/mol. The second kappa shape index (κ2) is 9.63. The van der Waals surface area contributed by atoms with Gasteiger partial charge in [0.05, 0.1) is 5.56 Å². The zero-order valence-corrected chi connectivity index (χ0v) is 16.4. The van der Waals surface area contributed by atoms with E-state index < -0.39 is 17.7 Å². The van der Waals surface area contributed by atoms with Crippen LogP contribution in [0.15, 0.2) is 24.3 Å². The van der Waals surface area contributed by atoms with Crippen molar-refractivity contribution in [1.29, 1.82) is 0 Å². The van der Waals surface area contributed by atoms with Crippen molar-refractivity contribution >= 4 is 0 Å². The van der Waals surface area contributed by atoms with E-state index in [-0.39, 0.29) is 23.3 Å². The van der Waals surface area contributed by atoms with Crippen LogP contribution in [-0.2, 0) is 0 Å². The molecule has 0 saturated heterocycles. The smallest absolute Gasteiger partial charge is 0.206 e. The van der Waals surface area contributed by atoms with Crippen molar-refractivity contribution in [3.8, 4) is 11.8 Å². The molecule has 2 saturated carbocycles.